The highest BCUT2D eigenvalue weighted by Gasteiger charge is 2.33. The molecular weight excluding hydrogens is 449 g/mol. The fourth-order valence-corrected chi connectivity index (χ4v) is 2.81. The van der Waals surface area contributed by atoms with Crippen molar-refractivity contribution in [3.63, 3.8) is 0 Å². The molecule has 11 heteroatoms. The Kier molecular flexibility index (Phi) is 6.74. The smallest absolute Gasteiger partial charge is 0.417 e. The van der Waals surface area contributed by atoms with Crippen LogP contribution >= 0.6 is 11.6 Å². The molecule has 3 aromatic carbocycles. The van der Waals surface area contributed by atoms with Gasteiger partial charge in [-0.1, -0.05) is 29.8 Å². The molecule has 0 aliphatic rings. The summed E-state index contributed by atoms with van der Waals surface area (Å²) in [5.74, 6) is -1.11. The van der Waals surface area contributed by atoms with E-state index in [1.165, 1.54) is 30.3 Å². The number of urea groups is 1. The average Bonchev–Trinajstić information content (AvgIpc) is 2.74. The van der Waals surface area contributed by atoms with Crippen LogP contribution in [0.5, 0.6) is 0 Å². The zero-order chi connectivity index (χ0) is 23.3. The summed E-state index contributed by atoms with van der Waals surface area (Å²) in [6.07, 6.45) is -4.67. The zero-order valence-electron chi connectivity index (χ0n) is 16.0. The maximum Gasteiger partial charge on any atom is 0.417 e. The number of carboxylic acids is 1. The number of halogens is 4. The summed E-state index contributed by atoms with van der Waals surface area (Å²) >= 11 is 5.58. The van der Waals surface area contributed by atoms with Crippen LogP contribution in [-0.4, -0.2) is 17.1 Å². The Labute approximate surface area is 184 Å². The van der Waals surface area contributed by atoms with Gasteiger partial charge < -0.3 is 15.7 Å². The van der Waals surface area contributed by atoms with Crippen molar-refractivity contribution in [2.75, 3.05) is 10.6 Å². The molecule has 0 saturated carbocycles. The minimum Gasteiger partial charge on any atom is -0.478 e. The number of benzene rings is 3. The van der Waals surface area contributed by atoms with Gasteiger partial charge in [-0.2, -0.15) is 18.3 Å². The first-order valence-corrected chi connectivity index (χ1v) is 9.30. The van der Waals surface area contributed by atoms with Gasteiger partial charge in [0.15, 0.2) is 0 Å². The van der Waals surface area contributed by atoms with Crippen molar-refractivity contribution in [3.8, 4) is 0 Å². The van der Waals surface area contributed by atoms with E-state index in [-0.39, 0.29) is 28.3 Å². The third-order valence-electron chi connectivity index (χ3n) is 4.05. The Bertz CT molecular complexity index is 1200. The highest BCUT2D eigenvalue weighted by molar-refractivity contribution is 6.31. The van der Waals surface area contributed by atoms with Gasteiger partial charge in [0, 0.05) is 5.69 Å². The van der Waals surface area contributed by atoms with E-state index in [2.05, 4.69) is 20.9 Å². The van der Waals surface area contributed by atoms with Gasteiger partial charge in [0.25, 0.3) is 0 Å². The van der Waals surface area contributed by atoms with Crippen molar-refractivity contribution >= 4 is 46.4 Å². The number of aromatic carboxylic acids is 1. The maximum absolute atomic E-state index is 13.0. The molecule has 3 rings (SSSR count). The Morgan fingerprint density at radius 3 is 2.38 bits per heavy atom. The minimum atomic E-state index is -4.67. The molecule has 32 heavy (non-hydrogen) atoms. The average molecular weight is 463 g/mol. The molecule has 0 bridgehead atoms. The molecule has 3 aromatic rings. The number of alkyl halides is 3. The number of para-hydroxylation sites is 1. The van der Waals surface area contributed by atoms with E-state index in [0.717, 1.165) is 12.1 Å². The van der Waals surface area contributed by atoms with E-state index in [1.807, 2.05) is 0 Å². The van der Waals surface area contributed by atoms with Crippen molar-refractivity contribution in [2.24, 2.45) is 10.2 Å². The number of hydrogen-bond acceptors (Lipinski definition) is 4. The number of nitrogens with one attached hydrogen (secondary N) is 2. The Hall–Kier alpha value is -3.92. The van der Waals surface area contributed by atoms with E-state index in [1.54, 1.807) is 24.3 Å². The van der Waals surface area contributed by atoms with Gasteiger partial charge in [-0.15, -0.1) is 5.11 Å². The van der Waals surface area contributed by atoms with Crippen molar-refractivity contribution < 1.29 is 27.9 Å². The van der Waals surface area contributed by atoms with Gasteiger partial charge in [0.2, 0.25) is 0 Å². The molecule has 0 radical (unpaired) electrons. The topological polar surface area (TPSA) is 103 Å². The first kappa shape index (κ1) is 22.8. The summed E-state index contributed by atoms with van der Waals surface area (Å²) < 4.78 is 39.0. The number of azo groups is 1. The summed E-state index contributed by atoms with van der Waals surface area (Å²) in [5, 5.41) is 21.3. The number of carbonyl (C=O) groups is 2. The van der Waals surface area contributed by atoms with Crippen LogP contribution in [0, 0.1) is 0 Å². The van der Waals surface area contributed by atoms with Gasteiger partial charge >= 0.3 is 18.2 Å². The highest BCUT2D eigenvalue weighted by atomic mass is 35.5. The molecule has 0 aliphatic carbocycles. The predicted octanol–water partition coefficient (Wildman–Crippen LogP) is 7.12. The van der Waals surface area contributed by atoms with Crippen LogP contribution in [0.3, 0.4) is 0 Å². The predicted molar refractivity (Wildman–Crippen MR) is 113 cm³/mol. The second-order valence-electron chi connectivity index (χ2n) is 6.34. The molecule has 164 valence electrons. The van der Waals surface area contributed by atoms with Gasteiger partial charge in [0.05, 0.1) is 27.5 Å². The summed E-state index contributed by atoms with van der Waals surface area (Å²) in [7, 11) is 0. The van der Waals surface area contributed by atoms with Crippen LogP contribution in [0.25, 0.3) is 0 Å². The van der Waals surface area contributed by atoms with Crippen molar-refractivity contribution in [2.45, 2.75) is 6.18 Å². The van der Waals surface area contributed by atoms with Crippen LogP contribution in [0.2, 0.25) is 5.02 Å². The van der Waals surface area contributed by atoms with Crippen molar-refractivity contribution in [1.29, 1.82) is 0 Å². The molecule has 0 spiro atoms. The molecule has 3 N–H and O–H groups in total. The van der Waals surface area contributed by atoms with Gasteiger partial charge in [-0.3, -0.25) is 0 Å². The fraction of sp³-hybridized carbons (Fsp3) is 0.0476. The number of anilines is 2. The van der Waals surface area contributed by atoms with Crippen LogP contribution in [0.15, 0.2) is 77.0 Å². The second kappa shape index (κ2) is 9.48. The minimum absolute atomic E-state index is 0.0356. The van der Waals surface area contributed by atoms with Crippen LogP contribution in [-0.2, 0) is 6.18 Å². The highest BCUT2D eigenvalue weighted by Crippen LogP contribution is 2.36. The molecule has 0 heterocycles. The lowest BCUT2D eigenvalue weighted by molar-refractivity contribution is -0.137. The van der Waals surface area contributed by atoms with E-state index in [4.69, 9.17) is 16.7 Å². The van der Waals surface area contributed by atoms with E-state index >= 15 is 0 Å². The zero-order valence-corrected chi connectivity index (χ0v) is 16.8. The summed E-state index contributed by atoms with van der Waals surface area (Å²) in [6.45, 7) is 0. The third-order valence-corrected chi connectivity index (χ3v) is 4.38. The van der Waals surface area contributed by atoms with E-state index < -0.39 is 28.8 Å². The Balaban J connectivity index is 1.76. The van der Waals surface area contributed by atoms with E-state index in [9.17, 15) is 22.8 Å². The normalized spacial score (nSPS) is 11.4. The Morgan fingerprint density at radius 1 is 0.906 bits per heavy atom. The van der Waals surface area contributed by atoms with Gasteiger partial charge in [-0.25, -0.2) is 9.59 Å². The Morgan fingerprint density at radius 2 is 1.66 bits per heavy atom. The standard InChI is InChI=1S/C21H14ClF3N4O3/c22-16-9-8-13(11-15(16)21(23,24)25)26-20(32)27-17-6-1-2-7-18(17)29-28-14-5-3-4-12(10-14)19(30)31/h1-11H,(H,30,31)(H2,26,27,32)/b29-28+. The molecule has 7 nitrogen and oxygen atoms in total. The quantitative estimate of drug-likeness (QED) is 0.352. The van der Waals surface area contributed by atoms with Crippen molar-refractivity contribution in [1.82, 2.24) is 0 Å². The molecule has 0 saturated heterocycles. The summed E-state index contributed by atoms with van der Waals surface area (Å²) in [6, 6.07) is 14.3. The van der Waals surface area contributed by atoms with Gasteiger partial charge in [0.1, 0.15) is 5.69 Å². The maximum atomic E-state index is 13.0. The molecule has 2 amide bonds. The lowest BCUT2D eigenvalue weighted by Gasteiger charge is -2.13. The number of carbonyl (C=O) groups excluding carboxylic acids is 1. The van der Waals surface area contributed by atoms with Gasteiger partial charge in [-0.05, 0) is 48.5 Å². The van der Waals surface area contributed by atoms with Crippen molar-refractivity contribution in [3.05, 3.63) is 82.9 Å². The molecule has 0 aliphatic heterocycles. The fourth-order valence-electron chi connectivity index (χ4n) is 2.58. The second-order valence-corrected chi connectivity index (χ2v) is 6.75. The molecule has 0 atom stereocenters. The van der Waals surface area contributed by atoms with Crippen LogP contribution in [0.4, 0.5) is 40.7 Å². The van der Waals surface area contributed by atoms with E-state index in [0.29, 0.717) is 0 Å². The molecular formula is C21H14ClF3N4O3. The molecule has 0 unspecified atom stereocenters. The summed E-state index contributed by atoms with van der Waals surface area (Å²) in [4.78, 5) is 23.4. The number of rotatable bonds is 5. The SMILES string of the molecule is O=C(Nc1ccc(Cl)c(C(F)(F)F)c1)Nc1ccccc1/N=N/c1cccc(C(=O)O)c1. The largest absolute Gasteiger partial charge is 0.478 e. The number of amides is 2. The monoisotopic (exact) mass is 462 g/mol. The number of hydrogen-bond donors (Lipinski definition) is 3. The summed E-state index contributed by atoms with van der Waals surface area (Å²) in [5.41, 5.74) is -0.388. The third kappa shape index (κ3) is 5.82. The lowest BCUT2D eigenvalue weighted by atomic mass is 10.2. The van der Waals surface area contributed by atoms with Crippen LogP contribution < -0.4 is 10.6 Å². The number of carboxylic acid groups (broad SMARTS) is 1. The number of nitrogens with zero attached hydrogens (tertiary/aromatic N) is 2. The first-order valence-electron chi connectivity index (χ1n) is 8.92. The molecule has 0 fully saturated rings. The first-order chi connectivity index (χ1) is 15.1. The molecule has 0 aromatic heterocycles. The van der Waals surface area contributed by atoms with Crippen LogP contribution in [0.1, 0.15) is 15.9 Å². The lowest BCUT2D eigenvalue weighted by Crippen LogP contribution is -2.20.